The van der Waals surface area contributed by atoms with Crippen LogP contribution in [0.15, 0.2) is 6.20 Å². The Morgan fingerprint density at radius 1 is 1.67 bits per heavy atom. The highest BCUT2D eigenvalue weighted by molar-refractivity contribution is 5.86. The normalized spacial score (nSPS) is 21.6. The fourth-order valence-corrected chi connectivity index (χ4v) is 1.79. The molecule has 1 fully saturated rings. The molecule has 0 aliphatic carbocycles. The minimum Gasteiger partial charge on any atom is -0.394 e. The molecular formula is C9H15N5O. The minimum absolute atomic E-state index is 0.0197. The molecule has 3 N–H and O–H groups in total. The summed E-state index contributed by atoms with van der Waals surface area (Å²) < 4.78 is 1.66. The summed E-state index contributed by atoms with van der Waals surface area (Å²) in [6, 6.07) is -0.212. The highest BCUT2D eigenvalue weighted by Gasteiger charge is 2.28. The van der Waals surface area contributed by atoms with Crippen LogP contribution >= 0.6 is 0 Å². The Kier molecular flexibility index (Phi) is 2.26. The molecule has 1 aliphatic rings. The molecule has 1 aromatic heterocycles. The number of aryl methyl sites for hydroxylation is 1. The maximum atomic E-state index is 11.5. The van der Waals surface area contributed by atoms with Gasteiger partial charge < -0.3 is 16.0 Å². The van der Waals surface area contributed by atoms with Gasteiger partial charge in [-0.25, -0.2) is 0 Å². The van der Waals surface area contributed by atoms with Crippen molar-refractivity contribution in [1.82, 2.24) is 15.1 Å². The molecular weight excluding hydrogens is 194 g/mol. The Balaban J connectivity index is 2.29. The third-order valence-corrected chi connectivity index (χ3v) is 2.61. The number of piperazine rings is 1. The molecule has 1 aliphatic heterocycles. The Bertz CT molecular complexity index is 386. The van der Waals surface area contributed by atoms with Crippen molar-refractivity contribution in [2.45, 2.75) is 13.0 Å². The van der Waals surface area contributed by atoms with Gasteiger partial charge in [-0.05, 0) is 6.92 Å². The SMILES string of the molecule is CC1C(=O)NCCN1c1nn(C)cc1N. The van der Waals surface area contributed by atoms with E-state index >= 15 is 0 Å². The van der Waals surface area contributed by atoms with Gasteiger partial charge in [-0.3, -0.25) is 9.48 Å². The first-order chi connectivity index (χ1) is 7.09. The summed E-state index contributed by atoms with van der Waals surface area (Å²) in [6.45, 7) is 3.23. The summed E-state index contributed by atoms with van der Waals surface area (Å²) >= 11 is 0. The lowest BCUT2D eigenvalue weighted by atomic mass is 10.2. The van der Waals surface area contributed by atoms with Gasteiger partial charge in [0.15, 0.2) is 5.82 Å². The number of nitrogen functional groups attached to an aromatic ring is 1. The summed E-state index contributed by atoms with van der Waals surface area (Å²) in [5, 5.41) is 7.06. The van der Waals surface area contributed by atoms with Gasteiger partial charge in [0.1, 0.15) is 6.04 Å². The van der Waals surface area contributed by atoms with Crippen molar-refractivity contribution in [2.24, 2.45) is 7.05 Å². The topological polar surface area (TPSA) is 76.2 Å². The second kappa shape index (κ2) is 3.45. The summed E-state index contributed by atoms with van der Waals surface area (Å²) in [5.41, 5.74) is 6.43. The number of nitrogens with zero attached hydrogens (tertiary/aromatic N) is 3. The van der Waals surface area contributed by atoms with Crippen molar-refractivity contribution in [1.29, 1.82) is 0 Å². The maximum absolute atomic E-state index is 11.5. The molecule has 6 heteroatoms. The Morgan fingerprint density at radius 3 is 3.00 bits per heavy atom. The first-order valence-electron chi connectivity index (χ1n) is 4.93. The number of amides is 1. The fourth-order valence-electron chi connectivity index (χ4n) is 1.79. The number of rotatable bonds is 1. The number of nitrogens with one attached hydrogen (secondary N) is 1. The van der Waals surface area contributed by atoms with Crippen LogP contribution in [0.25, 0.3) is 0 Å². The second-order valence-corrected chi connectivity index (χ2v) is 3.74. The van der Waals surface area contributed by atoms with E-state index in [0.29, 0.717) is 18.1 Å². The lowest BCUT2D eigenvalue weighted by molar-refractivity contribution is -0.122. The highest BCUT2D eigenvalue weighted by Crippen LogP contribution is 2.23. The van der Waals surface area contributed by atoms with E-state index in [-0.39, 0.29) is 11.9 Å². The maximum Gasteiger partial charge on any atom is 0.242 e. The van der Waals surface area contributed by atoms with Crippen LogP contribution in [0.5, 0.6) is 0 Å². The van der Waals surface area contributed by atoms with Gasteiger partial charge in [-0.15, -0.1) is 0 Å². The Morgan fingerprint density at radius 2 is 2.40 bits per heavy atom. The number of hydrogen-bond donors (Lipinski definition) is 2. The molecule has 6 nitrogen and oxygen atoms in total. The molecule has 0 saturated carbocycles. The zero-order valence-corrected chi connectivity index (χ0v) is 8.90. The van der Waals surface area contributed by atoms with E-state index in [9.17, 15) is 4.79 Å². The zero-order valence-electron chi connectivity index (χ0n) is 8.90. The third-order valence-electron chi connectivity index (χ3n) is 2.61. The zero-order chi connectivity index (χ0) is 11.0. The van der Waals surface area contributed by atoms with Gasteiger partial charge in [0.05, 0.1) is 5.69 Å². The van der Waals surface area contributed by atoms with Crippen LogP contribution in [0.3, 0.4) is 0 Å². The van der Waals surface area contributed by atoms with Crippen molar-refractivity contribution in [3.63, 3.8) is 0 Å². The van der Waals surface area contributed by atoms with E-state index in [2.05, 4.69) is 10.4 Å². The van der Waals surface area contributed by atoms with E-state index in [1.54, 1.807) is 10.9 Å². The van der Waals surface area contributed by atoms with Gasteiger partial charge >= 0.3 is 0 Å². The molecule has 0 bridgehead atoms. The van der Waals surface area contributed by atoms with Crippen molar-refractivity contribution in [3.05, 3.63) is 6.20 Å². The van der Waals surface area contributed by atoms with Gasteiger partial charge in [0.2, 0.25) is 5.91 Å². The van der Waals surface area contributed by atoms with Crippen molar-refractivity contribution < 1.29 is 4.79 Å². The molecule has 1 unspecified atom stereocenters. The van der Waals surface area contributed by atoms with Crippen LogP contribution in [0.4, 0.5) is 11.5 Å². The van der Waals surface area contributed by atoms with E-state index in [0.717, 1.165) is 6.54 Å². The summed E-state index contributed by atoms with van der Waals surface area (Å²) in [5.74, 6) is 0.714. The quantitative estimate of drug-likeness (QED) is 0.643. The lowest BCUT2D eigenvalue weighted by Crippen LogP contribution is -2.54. The van der Waals surface area contributed by atoms with Crippen molar-refractivity contribution in [2.75, 3.05) is 23.7 Å². The van der Waals surface area contributed by atoms with Crippen LogP contribution in [0.1, 0.15) is 6.92 Å². The molecule has 0 spiro atoms. The second-order valence-electron chi connectivity index (χ2n) is 3.74. The standard InChI is InChI=1S/C9H15N5O/c1-6-9(15)11-3-4-14(6)8-7(10)5-13(2)12-8/h5-6H,3-4,10H2,1-2H3,(H,11,15). The lowest BCUT2D eigenvalue weighted by Gasteiger charge is -2.33. The molecule has 1 aromatic rings. The summed E-state index contributed by atoms with van der Waals surface area (Å²) in [6.07, 6.45) is 1.74. The largest absolute Gasteiger partial charge is 0.394 e. The number of carbonyl (C=O) groups is 1. The van der Waals surface area contributed by atoms with Gasteiger partial charge in [0, 0.05) is 26.3 Å². The molecule has 1 saturated heterocycles. The average Bonchev–Trinajstić information content (AvgIpc) is 2.50. The number of hydrogen-bond acceptors (Lipinski definition) is 4. The van der Waals surface area contributed by atoms with Crippen molar-refractivity contribution in [3.8, 4) is 0 Å². The van der Waals surface area contributed by atoms with Crippen molar-refractivity contribution >= 4 is 17.4 Å². The molecule has 0 aromatic carbocycles. The Hall–Kier alpha value is -1.72. The molecule has 2 heterocycles. The van der Waals surface area contributed by atoms with Crippen LogP contribution < -0.4 is 16.0 Å². The average molecular weight is 209 g/mol. The van der Waals surface area contributed by atoms with Crippen LogP contribution in [-0.4, -0.2) is 34.8 Å². The molecule has 82 valence electrons. The van der Waals surface area contributed by atoms with Gasteiger partial charge in [-0.2, -0.15) is 5.10 Å². The highest BCUT2D eigenvalue weighted by atomic mass is 16.2. The smallest absolute Gasteiger partial charge is 0.242 e. The van der Waals surface area contributed by atoms with Crippen LogP contribution in [-0.2, 0) is 11.8 Å². The third kappa shape index (κ3) is 1.62. The van der Waals surface area contributed by atoms with E-state index in [1.807, 2.05) is 18.9 Å². The number of carbonyl (C=O) groups excluding carboxylic acids is 1. The molecule has 1 atom stereocenters. The van der Waals surface area contributed by atoms with Crippen LogP contribution in [0.2, 0.25) is 0 Å². The first-order valence-corrected chi connectivity index (χ1v) is 4.93. The van der Waals surface area contributed by atoms with E-state index in [1.165, 1.54) is 0 Å². The summed E-state index contributed by atoms with van der Waals surface area (Å²) in [7, 11) is 1.81. The first kappa shape index (κ1) is 9.82. The molecule has 1 amide bonds. The van der Waals surface area contributed by atoms with Crippen LogP contribution in [0, 0.1) is 0 Å². The molecule has 15 heavy (non-hydrogen) atoms. The predicted octanol–water partition coefficient (Wildman–Crippen LogP) is -0.673. The monoisotopic (exact) mass is 209 g/mol. The minimum atomic E-state index is -0.212. The number of anilines is 2. The molecule has 2 rings (SSSR count). The summed E-state index contributed by atoms with van der Waals surface area (Å²) in [4.78, 5) is 13.4. The predicted molar refractivity (Wildman–Crippen MR) is 57.4 cm³/mol. The fraction of sp³-hybridized carbons (Fsp3) is 0.556. The molecule has 0 radical (unpaired) electrons. The van der Waals surface area contributed by atoms with Gasteiger partial charge in [-0.1, -0.05) is 0 Å². The van der Waals surface area contributed by atoms with E-state index < -0.39 is 0 Å². The number of nitrogens with two attached hydrogens (primary N) is 1. The van der Waals surface area contributed by atoms with Gasteiger partial charge in [0.25, 0.3) is 0 Å². The Labute approximate surface area is 88.0 Å². The number of aromatic nitrogens is 2. The van der Waals surface area contributed by atoms with E-state index in [4.69, 9.17) is 5.73 Å².